The Balaban J connectivity index is 1.98. The lowest BCUT2D eigenvalue weighted by molar-refractivity contribution is -0.313. The van der Waals surface area contributed by atoms with E-state index in [1.165, 1.54) is 0 Å². The third-order valence-corrected chi connectivity index (χ3v) is 10.7. The van der Waals surface area contributed by atoms with Crippen LogP contribution in [-0.4, -0.2) is 188 Å². The number of carbonyl (C=O) groups is 9. The van der Waals surface area contributed by atoms with Gasteiger partial charge in [-0.1, -0.05) is 36.6 Å². The summed E-state index contributed by atoms with van der Waals surface area (Å²) in [6, 6.07) is 4.93. The Labute approximate surface area is 448 Å². The molecule has 1 aromatic rings. The summed E-state index contributed by atoms with van der Waals surface area (Å²) in [5.41, 5.74) is 0.0201. The van der Waals surface area contributed by atoms with Crippen molar-refractivity contribution in [2.75, 3.05) is 92.8 Å². The van der Waals surface area contributed by atoms with Gasteiger partial charge in [-0.2, -0.15) is 0 Å². The molecule has 430 valence electrons. The second-order valence-electron chi connectivity index (χ2n) is 18.1. The highest BCUT2D eigenvalue weighted by atomic mass is 35.5. The molecular weight excluding hydrogens is 1030 g/mol. The summed E-state index contributed by atoms with van der Waals surface area (Å²) in [5, 5.41) is 11.1. The zero-order chi connectivity index (χ0) is 56.5. The maximum atomic E-state index is 13.8. The molecule has 0 spiro atoms. The van der Waals surface area contributed by atoms with Gasteiger partial charge in [0, 0.05) is 52.2 Å². The van der Waals surface area contributed by atoms with Crippen molar-refractivity contribution in [2.24, 2.45) is 0 Å². The second-order valence-corrected chi connectivity index (χ2v) is 18.6. The van der Waals surface area contributed by atoms with E-state index in [9.17, 15) is 43.2 Å². The number of methoxy groups -OCH3 is 1. The SMILES string of the molecule is COC(=O)[C@@]1(OCCCCCCC(=O)NCCOCCOCCOCCOCCNC(=O)OC(C)(C)C)C[C@H](OC(C)=O)[C@@H](NC(=O)COC(C)=O)[C@H]([C@H](OC(C)=O)[C@@H](CNC(=O)Cc2ccc(Cl)cc2)OC(C)=O)O1. The van der Waals surface area contributed by atoms with Crippen molar-refractivity contribution in [1.29, 1.82) is 0 Å². The van der Waals surface area contributed by atoms with Gasteiger partial charge in [0.1, 0.15) is 17.8 Å². The molecule has 2 rings (SSSR count). The summed E-state index contributed by atoms with van der Waals surface area (Å²) >= 11 is 5.99. The first-order valence-electron chi connectivity index (χ1n) is 24.9. The standard InChI is InChI=1S/C50H77ClN4O21/c1-33(56)70-32-43(62)55-44-39(72-34(2)57)30-50(47(63)65-8,75-46(44)45(74-36(4)59)40(73-35(3)58)31-54-42(61)29-37-14-16-38(51)17-15-37)71-20-12-10-9-11-13-41(60)52-18-21-66-23-25-68-27-28-69-26-24-67-22-19-53-48(64)76-49(5,6)7/h14-17,39-40,44-46H,9-13,18-32H2,1-8H3,(H,52,60)(H,53,64)(H,54,61)(H,55,62)/t39-,40+,44+,45+,46+,50+/m0/s1. The molecule has 1 aliphatic heterocycles. The quantitative estimate of drug-likeness (QED) is 0.0425. The van der Waals surface area contributed by atoms with Gasteiger partial charge in [-0.25, -0.2) is 9.59 Å². The van der Waals surface area contributed by atoms with Gasteiger partial charge >= 0.3 is 35.9 Å². The van der Waals surface area contributed by atoms with Crippen molar-refractivity contribution < 1.29 is 100.0 Å². The Hall–Kier alpha value is -5.70. The minimum Gasteiger partial charge on any atom is -0.465 e. The molecule has 25 nitrogen and oxygen atoms in total. The smallest absolute Gasteiger partial charge is 0.407 e. The van der Waals surface area contributed by atoms with Crippen LogP contribution in [0.1, 0.15) is 92.6 Å². The molecule has 0 radical (unpaired) electrons. The first kappa shape index (κ1) is 66.4. The Morgan fingerprint density at radius 1 is 0.684 bits per heavy atom. The average molecular weight is 1110 g/mol. The second kappa shape index (κ2) is 36.4. The number of rotatable bonds is 36. The van der Waals surface area contributed by atoms with E-state index in [0.717, 1.165) is 34.8 Å². The average Bonchev–Trinajstić information content (AvgIpc) is 3.33. The number of amides is 4. The molecule has 0 saturated carbocycles. The molecule has 0 unspecified atom stereocenters. The number of hydrogen-bond acceptors (Lipinski definition) is 21. The number of carbonyl (C=O) groups excluding carboxylic acids is 9. The Bertz CT molecular complexity index is 1990. The summed E-state index contributed by atoms with van der Waals surface area (Å²) in [5.74, 6) is -8.67. The monoisotopic (exact) mass is 1100 g/mol. The number of hydrogen-bond donors (Lipinski definition) is 4. The highest BCUT2D eigenvalue weighted by Gasteiger charge is 2.59. The number of alkyl carbamates (subject to hydrolysis) is 1. The van der Waals surface area contributed by atoms with E-state index in [1.807, 2.05) is 0 Å². The summed E-state index contributed by atoms with van der Waals surface area (Å²) in [6.07, 6.45) is -5.65. The highest BCUT2D eigenvalue weighted by Crippen LogP contribution is 2.37. The predicted molar refractivity (Wildman–Crippen MR) is 267 cm³/mol. The molecule has 4 N–H and O–H groups in total. The van der Waals surface area contributed by atoms with Crippen LogP contribution in [0.15, 0.2) is 24.3 Å². The van der Waals surface area contributed by atoms with Crippen molar-refractivity contribution in [3.8, 4) is 0 Å². The van der Waals surface area contributed by atoms with Crippen LogP contribution in [0.3, 0.4) is 0 Å². The molecule has 4 amide bonds. The topological polar surface area (TPSA) is 313 Å². The lowest BCUT2D eigenvalue weighted by Crippen LogP contribution is -2.70. The van der Waals surface area contributed by atoms with Crippen LogP contribution in [0.5, 0.6) is 0 Å². The van der Waals surface area contributed by atoms with Gasteiger partial charge in [0.25, 0.3) is 11.7 Å². The number of ether oxygens (including phenoxy) is 12. The molecule has 26 heteroatoms. The van der Waals surface area contributed by atoms with E-state index in [4.69, 9.17) is 68.4 Å². The van der Waals surface area contributed by atoms with Crippen molar-refractivity contribution in [2.45, 2.75) is 135 Å². The van der Waals surface area contributed by atoms with E-state index in [1.54, 1.807) is 45.0 Å². The van der Waals surface area contributed by atoms with Crippen LogP contribution < -0.4 is 21.3 Å². The third kappa shape index (κ3) is 29.0. The molecule has 0 bridgehead atoms. The van der Waals surface area contributed by atoms with E-state index < -0.39 is 109 Å². The summed E-state index contributed by atoms with van der Waals surface area (Å²) in [7, 11) is 1.05. The zero-order valence-electron chi connectivity index (χ0n) is 44.8. The fourth-order valence-corrected chi connectivity index (χ4v) is 7.36. The fourth-order valence-electron chi connectivity index (χ4n) is 7.23. The molecule has 1 aromatic carbocycles. The number of unbranched alkanes of at least 4 members (excludes halogenated alkanes) is 3. The minimum atomic E-state index is -2.40. The van der Waals surface area contributed by atoms with Crippen molar-refractivity contribution in [1.82, 2.24) is 21.3 Å². The van der Waals surface area contributed by atoms with Crippen molar-refractivity contribution in [3.63, 3.8) is 0 Å². The van der Waals surface area contributed by atoms with Gasteiger partial charge in [0.15, 0.2) is 18.8 Å². The molecule has 1 saturated heterocycles. The van der Waals surface area contributed by atoms with E-state index in [0.29, 0.717) is 95.6 Å². The van der Waals surface area contributed by atoms with Gasteiger partial charge in [0.2, 0.25) is 11.8 Å². The molecule has 1 fully saturated rings. The fraction of sp³-hybridized carbons (Fsp3) is 0.700. The number of benzene rings is 1. The first-order chi connectivity index (χ1) is 36.0. The van der Waals surface area contributed by atoms with Gasteiger partial charge in [0.05, 0.1) is 92.0 Å². The summed E-state index contributed by atoms with van der Waals surface area (Å²) in [4.78, 5) is 114. The van der Waals surface area contributed by atoms with Crippen LogP contribution in [0.25, 0.3) is 0 Å². The van der Waals surface area contributed by atoms with Crippen molar-refractivity contribution >= 4 is 65.3 Å². The molecule has 76 heavy (non-hydrogen) atoms. The van der Waals surface area contributed by atoms with Crippen LogP contribution >= 0.6 is 11.6 Å². The molecule has 6 atom stereocenters. The van der Waals surface area contributed by atoms with Crippen LogP contribution in [0.4, 0.5) is 4.79 Å². The lowest BCUT2D eigenvalue weighted by Gasteiger charge is -2.48. The maximum Gasteiger partial charge on any atom is 0.407 e. The van der Waals surface area contributed by atoms with Gasteiger partial charge < -0.3 is 78.1 Å². The van der Waals surface area contributed by atoms with Gasteiger partial charge in [-0.3, -0.25) is 33.6 Å². The predicted octanol–water partition coefficient (Wildman–Crippen LogP) is 2.17. The molecule has 1 aliphatic rings. The van der Waals surface area contributed by atoms with E-state index in [2.05, 4.69) is 21.3 Å². The largest absolute Gasteiger partial charge is 0.465 e. The number of halogens is 1. The number of nitrogens with one attached hydrogen (secondary N) is 4. The minimum absolute atomic E-state index is 0.134. The lowest BCUT2D eigenvalue weighted by atomic mass is 9.87. The Kier molecular flexibility index (Phi) is 31.8. The maximum absolute atomic E-state index is 13.8. The Morgan fingerprint density at radius 3 is 1.82 bits per heavy atom. The molecular formula is C50H77ClN4O21. The van der Waals surface area contributed by atoms with Crippen molar-refractivity contribution in [3.05, 3.63) is 34.9 Å². The van der Waals surface area contributed by atoms with Gasteiger partial charge in [-0.15, -0.1) is 0 Å². The Morgan fingerprint density at radius 2 is 1.26 bits per heavy atom. The third-order valence-electron chi connectivity index (χ3n) is 10.4. The summed E-state index contributed by atoms with van der Waals surface area (Å²) < 4.78 is 66.5. The van der Waals surface area contributed by atoms with E-state index >= 15 is 0 Å². The van der Waals surface area contributed by atoms with Crippen LogP contribution in [0.2, 0.25) is 5.02 Å². The number of esters is 5. The van der Waals surface area contributed by atoms with E-state index in [-0.39, 0.29) is 32.0 Å². The molecule has 1 heterocycles. The highest BCUT2D eigenvalue weighted by molar-refractivity contribution is 6.30. The van der Waals surface area contributed by atoms with Crippen LogP contribution in [-0.2, 0) is 102 Å². The summed E-state index contributed by atoms with van der Waals surface area (Å²) in [6.45, 7) is 11.4. The van der Waals surface area contributed by atoms with Crippen LogP contribution in [0, 0.1) is 0 Å². The van der Waals surface area contributed by atoms with Gasteiger partial charge in [-0.05, 0) is 51.3 Å². The molecule has 0 aliphatic carbocycles. The normalized spacial score (nSPS) is 17.9. The zero-order valence-corrected chi connectivity index (χ0v) is 45.5. The first-order valence-corrected chi connectivity index (χ1v) is 25.3. The molecule has 0 aromatic heterocycles.